The molecule has 0 radical (unpaired) electrons. The second kappa shape index (κ2) is 7.57. The molecule has 0 saturated heterocycles. The smallest absolute Gasteiger partial charge is 0.536 e. The number of rotatable bonds is 3. The molecule has 0 aromatic heterocycles. The van der Waals surface area contributed by atoms with Crippen LogP contribution in [0.2, 0.25) is 0 Å². The molecule has 0 spiro atoms. The van der Waals surface area contributed by atoms with Crippen LogP contribution < -0.4 is 18.9 Å². The van der Waals surface area contributed by atoms with E-state index in [1.807, 2.05) is 30.3 Å². The van der Waals surface area contributed by atoms with Crippen molar-refractivity contribution in [2.24, 2.45) is 0 Å². The van der Waals surface area contributed by atoms with Gasteiger partial charge in [0.15, 0.2) is 0 Å². The number of benzene rings is 1. The Labute approximate surface area is 109 Å². The van der Waals surface area contributed by atoms with Crippen molar-refractivity contribution in [1.29, 1.82) is 0 Å². The second-order valence-electron chi connectivity index (χ2n) is 2.98. The Balaban J connectivity index is 0.00000225. The first-order valence-corrected chi connectivity index (χ1v) is 4.63. The van der Waals surface area contributed by atoms with E-state index in [1.165, 1.54) is 21.3 Å². The molecule has 0 amide bonds. The molecule has 0 unspecified atom stereocenters. The summed E-state index contributed by atoms with van der Waals surface area (Å²) in [5.74, 6) is 5.79. The van der Waals surface area contributed by atoms with E-state index in [4.69, 9.17) is 14.0 Å². The minimum atomic E-state index is -1.95. The van der Waals surface area contributed by atoms with Crippen LogP contribution in [0.4, 0.5) is 0 Å². The summed E-state index contributed by atoms with van der Waals surface area (Å²) >= 11 is 0. The predicted octanol–water partition coefficient (Wildman–Crippen LogP) is -1.54. The maximum Gasteiger partial charge on any atom is 1.00 e. The topological polar surface area (TPSA) is 27.7 Å². The van der Waals surface area contributed by atoms with Crippen molar-refractivity contribution >= 4 is 6.75 Å². The monoisotopic (exact) mass is 212 g/mol. The van der Waals surface area contributed by atoms with Gasteiger partial charge in [0.25, 0.3) is 0 Å². The molecular weight excluding hydrogens is 198 g/mol. The van der Waals surface area contributed by atoms with Crippen LogP contribution in [-0.2, 0) is 14.0 Å². The van der Waals surface area contributed by atoms with E-state index in [-0.39, 0.29) is 18.9 Å². The molecule has 0 aliphatic carbocycles. The van der Waals surface area contributed by atoms with Crippen LogP contribution in [0.5, 0.6) is 0 Å². The van der Waals surface area contributed by atoms with E-state index in [2.05, 4.69) is 11.7 Å². The third-order valence-corrected chi connectivity index (χ3v) is 2.10. The second-order valence-corrected chi connectivity index (χ2v) is 2.98. The maximum atomic E-state index is 5.10. The summed E-state index contributed by atoms with van der Waals surface area (Å²) in [4.78, 5) is 0. The number of hydrogen-bond acceptors (Lipinski definition) is 3. The Morgan fingerprint density at radius 2 is 1.44 bits per heavy atom. The van der Waals surface area contributed by atoms with Crippen LogP contribution in [-0.4, -0.2) is 28.1 Å². The van der Waals surface area contributed by atoms with Gasteiger partial charge in [0.2, 0.25) is 0 Å². The molecule has 0 bridgehead atoms. The van der Waals surface area contributed by atoms with E-state index in [9.17, 15) is 0 Å². The molecule has 0 N–H and O–H groups in total. The summed E-state index contributed by atoms with van der Waals surface area (Å²) in [5.41, 5.74) is 0.898. The zero-order chi connectivity index (χ0) is 11.1. The van der Waals surface area contributed by atoms with Crippen LogP contribution in [0.15, 0.2) is 30.3 Å². The van der Waals surface area contributed by atoms with Crippen LogP contribution in [0.3, 0.4) is 0 Å². The Bertz CT molecular complexity index is 346. The third-order valence-electron chi connectivity index (χ3n) is 2.10. The first kappa shape index (κ1) is 15.3. The van der Waals surface area contributed by atoms with E-state index >= 15 is 0 Å². The predicted molar refractivity (Wildman–Crippen MR) is 60.1 cm³/mol. The molecule has 0 saturated carbocycles. The molecule has 0 fully saturated rings. The molecular formula is C11H14BLiO3. The van der Waals surface area contributed by atoms with Crippen molar-refractivity contribution in [2.45, 2.75) is 0 Å². The molecule has 1 aromatic carbocycles. The normalized spacial score (nSPS) is 9.94. The van der Waals surface area contributed by atoms with Crippen molar-refractivity contribution in [2.75, 3.05) is 21.3 Å². The van der Waals surface area contributed by atoms with E-state index in [1.54, 1.807) is 0 Å². The Kier molecular flexibility index (Phi) is 7.25. The summed E-state index contributed by atoms with van der Waals surface area (Å²) in [6, 6.07) is 9.60. The van der Waals surface area contributed by atoms with Gasteiger partial charge in [-0.2, -0.15) is 0 Å². The minimum Gasteiger partial charge on any atom is -0.536 e. The van der Waals surface area contributed by atoms with E-state index in [0.29, 0.717) is 0 Å². The van der Waals surface area contributed by atoms with Crippen LogP contribution in [0.25, 0.3) is 0 Å². The zero-order valence-electron chi connectivity index (χ0n) is 10.2. The van der Waals surface area contributed by atoms with Crippen molar-refractivity contribution in [3.05, 3.63) is 35.9 Å². The van der Waals surface area contributed by atoms with Gasteiger partial charge in [0.05, 0.1) is 0 Å². The van der Waals surface area contributed by atoms with Gasteiger partial charge in [-0.1, -0.05) is 18.2 Å². The van der Waals surface area contributed by atoms with Crippen molar-refractivity contribution < 1.29 is 32.8 Å². The van der Waals surface area contributed by atoms with E-state index in [0.717, 1.165) is 5.56 Å². The molecule has 0 aliphatic heterocycles. The standard InChI is InChI=1S/C11H14BO3.Li/c1-13-12(14-2,15-3)10-9-11-7-5-4-6-8-11;/h4-8H,1-3H3;/q-1;+1. The van der Waals surface area contributed by atoms with Crippen LogP contribution in [0.1, 0.15) is 5.56 Å². The third kappa shape index (κ3) is 4.06. The fourth-order valence-electron chi connectivity index (χ4n) is 1.16. The van der Waals surface area contributed by atoms with Gasteiger partial charge in [0, 0.05) is 5.56 Å². The first-order chi connectivity index (χ1) is 7.26. The summed E-state index contributed by atoms with van der Waals surface area (Å²) in [6.07, 6.45) is 0. The summed E-state index contributed by atoms with van der Waals surface area (Å²) in [5, 5.41) is 0. The molecule has 5 heteroatoms. The molecule has 3 nitrogen and oxygen atoms in total. The Morgan fingerprint density at radius 1 is 0.938 bits per heavy atom. The van der Waals surface area contributed by atoms with Crippen molar-refractivity contribution in [3.8, 4) is 11.7 Å². The van der Waals surface area contributed by atoms with Gasteiger partial charge in [0.1, 0.15) is 0 Å². The van der Waals surface area contributed by atoms with Crippen molar-refractivity contribution in [3.63, 3.8) is 0 Å². The fourth-order valence-corrected chi connectivity index (χ4v) is 1.16. The first-order valence-electron chi connectivity index (χ1n) is 4.63. The summed E-state index contributed by atoms with van der Waals surface area (Å²) in [7, 11) is 4.52. The minimum absolute atomic E-state index is 0. The van der Waals surface area contributed by atoms with Gasteiger partial charge in [-0.3, -0.25) is 0 Å². The summed E-state index contributed by atoms with van der Waals surface area (Å²) < 4.78 is 15.3. The zero-order valence-corrected chi connectivity index (χ0v) is 10.2. The Morgan fingerprint density at radius 3 is 1.88 bits per heavy atom. The van der Waals surface area contributed by atoms with Gasteiger partial charge >= 0.3 is 25.6 Å². The van der Waals surface area contributed by atoms with Gasteiger partial charge in [-0.25, -0.2) is 5.82 Å². The fraction of sp³-hybridized carbons (Fsp3) is 0.273. The summed E-state index contributed by atoms with van der Waals surface area (Å²) in [6.45, 7) is -1.95. The van der Waals surface area contributed by atoms with Gasteiger partial charge < -0.3 is 14.0 Å². The molecule has 16 heavy (non-hydrogen) atoms. The number of hydrogen-bond donors (Lipinski definition) is 0. The average molecular weight is 212 g/mol. The van der Waals surface area contributed by atoms with Crippen LogP contribution in [0, 0.1) is 11.7 Å². The van der Waals surface area contributed by atoms with Crippen LogP contribution >= 0.6 is 0 Å². The molecule has 1 rings (SSSR count). The average Bonchev–Trinajstić information content (AvgIpc) is 2.33. The maximum absolute atomic E-state index is 5.10. The molecule has 80 valence electrons. The molecule has 1 aromatic rings. The molecule has 0 aliphatic rings. The molecule has 0 atom stereocenters. The Hall–Kier alpha value is -0.678. The van der Waals surface area contributed by atoms with Gasteiger partial charge in [-0.05, 0) is 33.5 Å². The largest absolute Gasteiger partial charge is 1.00 e. The quantitative estimate of drug-likeness (QED) is 0.449. The van der Waals surface area contributed by atoms with E-state index < -0.39 is 6.75 Å². The molecule has 0 heterocycles. The SMILES string of the molecule is CO[B-](C#Cc1ccccc1)(OC)OC.[Li+]. The van der Waals surface area contributed by atoms with Crippen molar-refractivity contribution in [1.82, 2.24) is 0 Å². The van der Waals surface area contributed by atoms with Gasteiger partial charge in [-0.15, -0.1) is 5.92 Å².